The van der Waals surface area contributed by atoms with Gasteiger partial charge in [0.1, 0.15) is 0 Å². The minimum absolute atomic E-state index is 0.0606. The van der Waals surface area contributed by atoms with Crippen LogP contribution >= 0.6 is 0 Å². The molecule has 0 spiro atoms. The molecule has 1 aliphatic carbocycles. The molecular weight excluding hydrogens is 227 g/mol. The Kier molecular flexibility index (Phi) is 3.52. The molecule has 0 N–H and O–H groups in total. The molecule has 1 aliphatic rings. The average Bonchev–Trinajstić information content (AvgIpc) is 2.09. The van der Waals surface area contributed by atoms with Gasteiger partial charge >= 0.3 is 82.2 Å². The van der Waals surface area contributed by atoms with E-state index in [1.807, 2.05) is 3.28 Å². The van der Waals surface area contributed by atoms with Crippen LogP contribution in [0, 0.1) is 0 Å². The molecule has 0 saturated carbocycles. The van der Waals surface area contributed by atoms with Crippen molar-refractivity contribution in [2.45, 2.75) is 33.4 Å². The first-order chi connectivity index (χ1) is 5.09. The van der Waals surface area contributed by atoms with Crippen LogP contribution < -0.4 is 0 Å². The summed E-state index contributed by atoms with van der Waals surface area (Å²) < 4.78 is 1.88. The first kappa shape index (κ1) is 9.67. The molecule has 2 heteroatoms. The van der Waals surface area contributed by atoms with Gasteiger partial charge in [-0.3, -0.25) is 0 Å². The Morgan fingerprint density at radius 2 is 2.00 bits per heavy atom. The van der Waals surface area contributed by atoms with E-state index in [1.165, 1.54) is 6.42 Å². The Hall–Kier alpha value is 0.580. The fraction of sp³-hybridized carbons (Fsp3) is 0.556. The molecule has 0 atom stereocenters. The number of allylic oxidation sites excluding steroid dienone is 4. The predicted octanol–water partition coefficient (Wildman–Crippen LogP) is 2.68. The molecular formula is C9H16SiZr. The first-order valence-corrected chi connectivity index (χ1v) is 12.6. The van der Waals surface area contributed by atoms with Crippen molar-refractivity contribution in [2.24, 2.45) is 0 Å². The van der Waals surface area contributed by atoms with Gasteiger partial charge in [-0.25, -0.2) is 0 Å². The van der Waals surface area contributed by atoms with E-state index in [0.29, 0.717) is 0 Å². The van der Waals surface area contributed by atoms with Crippen LogP contribution in [0.4, 0.5) is 0 Å². The molecule has 0 aromatic rings. The third kappa shape index (κ3) is 2.83. The van der Waals surface area contributed by atoms with Crippen LogP contribution in [0.25, 0.3) is 0 Å². The zero-order chi connectivity index (χ0) is 8.43. The van der Waals surface area contributed by atoms with Gasteiger partial charge in [-0.15, -0.1) is 0 Å². The van der Waals surface area contributed by atoms with E-state index in [1.54, 1.807) is 11.1 Å². The SMILES string of the molecule is CC1=CC(C)=[C]([Zr][SiH](C)C)C1. The van der Waals surface area contributed by atoms with E-state index >= 15 is 0 Å². The zero-order valence-corrected chi connectivity index (χ0v) is 11.5. The third-order valence-corrected chi connectivity index (χ3v) is 11.0. The van der Waals surface area contributed by atoms with Crippen LogP contribution in [0.1, 0.15) is 20.3 Å². The predicted molar refractivity (Wildman–Crippen MR) is 50.0 cm³/mol. The molecule has 0 nitrogen and oxygen atoms in total. The van der Waals surface area contributed by atoms with E-state index in [-0.39, 0.29) is 28.3 Å². The Balaban J connectivity index is 2.57. The van der Waals surface area contributed by atoms with Gasteiger partial charge in [0.2, 0.25) is 0 Å². The van der Waals surface area contributed by atoms with Crippen LogP contribution in [0.3, 0.4) is 0 Å². The van der Waals surface area contributed by atoms with Crippen molar-refractivity contribution in [3.05, 3.63) is 20.5 Å². The summed E-state index contributed by atoms with van der Waals surface area (Å²) in [6, 6.07) is 0. The third-order valence-electron chi connectivity index (χ3n) is 1.86. The van der Waals surface area contributed by atoms with Gasteiger partial charge in [0.15, 0.2) is 0 Å². The summed E-state index contributed by atoms with van der Waals surface area (Å²) in [5.41, 5.74) is 3.21. The second-order valence-electron chi connectivity index (χ2n) is 3.63. The maximum absolute atomic E-state index is 2.50. The van der Waals surface area contributed by atoms with Crippen molar-refractivity contribution in [3.8, 4) is 0 Å². The number of rotatable bonds is 2. The molecule has 0 aromatic heterocycles. The summed E-state index contributed by atoms with van der Waals surface area (Å²) >= 11 is -0.0606. The van der Waals surface area contributed by atoms with Crippen LogP contribution in [0.15, 0.2) is 20.5 Å². The van der Waals surface area contributed by atoms with Crippen LogP contribution in [-0.4, -0.2) is 5.92 Å². The van der Waals surface area contributed by atoms with Crippen molar-refractivity contribution in [3.63, 3.8) is 0 Å². The van der Waals surface area contributed by atoms with E-state index in [4.69, 9.17) is 0 Å². The van der Waals surface area contributed by atoms with Gasteiger partial charge in [0.05, 0.1) is 0 Å². The quantitative estimate of drug-likeness (QED) is 0.654. The van der Waals surface area contributed by atoms with E-state index in [2.05, 4.69) is 33.0 Å². The summed E-state index contributed by atoms with van der Waals surface area (Å²) in [5, 5.41) is 0. The van der Waals surface area contributed by atoms with Crippen molar-refractivity contribution >= 4 is 5.92 Å². The zero-order valence-electron chi connectivity index (χ0n) is 7.86. The Labute approximate surface area is 81.9 Å². The average molecular weight is 244 g/mol. The molecule has 0 aliphatic heterocycles. The van der Waals surface area contributed by atoms with E-state index in [9.17, 15) is 0 Å². The van der Waals surface area contributed by atoms with Gasteiger partial charge in [-0.05, 0) is 0 Å². The van der Waals surface area contributed by atoms with Crippen LogP contribution in [-0.2, 0) is 22.4 Å². The summed E-state index contributed by atoms with van der Waals surface area (Å²) in [6.45, 7) is 9.56. The second kappa shape index (κ2) is 4.00. The first-order valence-electron chi connectivity index (χ1n) is 4.23. The van der Waals surface area contributed by atoms with Gasteiger partial charge in [0, 0.05) is 0 Å². The minimum atomic E-state index is -0.211. The van der Waals surface area contributed by atoms with E-state index in [0.717, 1.165) is 0 Å². The maximum atomic E-state index is 2.50. The van der Waals surface area contributed by atoms with Crippen molar-refractivity contribution in [1.29, 1.82) is 0 Å². The van der Waals surface area contributed by atoms with Gasteiger partial charge in [0.25, 0.3) is 0 Å². The Morgan fingerprint density at radius 3 is 2.36 bits per heavy atom. The van der Waals surface area contributed by atoms with Gasteiger partial charge < -0.3 is 0 Å². The molecule has 0 unspecified atom stereocenters. The summed E-state index contributed by atoms with van der Waals surface area (Å²) in [5.74, 6) is -0.211. The topological polar surface area (TPSA) is 0 Å². The van der Waals surface area contributed by atoms with E-state index < -0.39 is 0 Å². The van der Waals surface area contributed by atoms with Crippen molar-refractivity contribution < 1.29 is 22.4 Å². The normalized spacial score (nSPS) is 17.7. The summed E-state index contributed by atoms with van der Waals surface area (Å²) in [6.07, 6.45) is 3.72. The molecule has 1 rings (SSSR count). The molecule has 11 heavy (non-hydrogen) atoms. The van der Waals surface area contributed by atoms with Crippen LogP contribution in [0.5, 0.6) is 0 Å². The van der Waals surface area contributed by atoms with Crippen LogP contribution in [0.2, 0.25) is 13.1 Å². The second-order valence-corrected chi connectivity index (χ2v) is 18.4. The molecule has 0 fully saturated rings. The molecule has 0 radical (unpaired) electrons. The summed E-state index contributed by atoms with van der Waals surface area (Å²) in [4.78, 5) is 0. The molecule has 0 bridgehead atoms. The fourth-order valence-corrected chi connectivity index (χ4v) is 10.9. The molecule has 0 aromatic carbocycles. The number of hydrogen-bond donors (Lipinski definition) is 0. The fourth-order valence-electron chi connectivity index (χ4n) is 1.44. The summed E-state index contributed by atoms with van der Waals surface area (Å²) in [7, 11) is 0. The molecule has 0 saturated heterocycles. The van der Waals surface area contributed by atoms with Gasteiger partial charge in [-0.1, -0.05) is 0 Å². The Bertz CT molecular complexity index is 214. The van der Waals surface area contributed by atoms with Crippen molar-refractivity contribution in [2.75, 3.05) is 0 Å². The van der Waals surface area contributed by atoms with Gasteiger partial charge in [-0.2, -0.15) is 0 Å². The Morgan fingerprint density at radius 1 is 1.36 bits per heavy atom. The standard InChI is InChI=1S/C7H9.C2H7Si.Zr/c1-6-3-4-7(2)5-6;1-3-2;/h5H,3H2,1-2H3;3H,1-2H3;. The number of hydrogen-bond acceptors (Lipinski definition) is 0. The molecule has 0 heterocycles. The van der Waals surface area contributed by atoms with Crippen molar-refractivity contribution in [1.82, 2.24) is 0 Å². The molecule has 0 amide bonds. The molecule has 60 valence electrons. The monoisotopic (exact) mass is 242 g/mol.